The summed E-state index contributed by atoms with van der Waals surface area (Å²) in [5.41, 5.74) is 34.5. The van der Waals surface area contributed by atoms with Gasteiger partial charge in [-0.2, -0.15) is 4.57 Å². The normalized spacial score (nSPS) is 15.7. The molecule has 0 amide bonds. The number of aryl methyl sites for hydroxylation is 12. The van der Waals surface area contributed by atoms with E-state index in [2.05, 4.69) is 515 Å². The zero-order valence-electron chi connectivity index (χ0n) is 73.5. The predicted octanol–water partition coefficient (Wildman–Crippen LogP) is 20.3. The fourth-order valence-corrected chi connectivity index (χ4v) is 18.7. The van der Waals surface area contributed by atoms with Crippen LogP contribution in [0.15, 0.2) is 311 Å². The molecular formula is C103H113N18+3. The minimum absolute atomic E-state index is 0.314. The summed E-state index contributed by atoms with van der Waals surface area (Å²) in [5.74, 6) is 3.68. The minimum atomic E-state index is 0.314. The Morgan fingerprint density at radius 3 is 1.59 bits per heavy atom. The highest BCUT2D eigenvalue weighted by Crippen LogP contribution is 2.47. The number of anilines is 7. The molecule has 0 fully saturated rings. The largest absolute Gasteiger partial charge is 0.359 e. The Labute approximate surface area is 711 Å². The van der Waals surface area contributed by atoms with Gasteiger partial charge in [-0.3, -0.25) is 0 Å². The number of aromatic nitrogens is 11. The highest BCUT2D eigenvalue weighted by Gasteiger charge is 2.35. The number of benzene rings is 4. The van der Waals surface area contributed by atoms with Crippen LogP contribution < -0.4 is 38.2 Å². The first-order valence-electron chi connectivity index (χ1n) is 42.2. The number of nitrogens with zero attached hydrogens (tertiary/aromatic N) is 18. The molecule has 612 valence electrons. The molecule has 0 spiro atoms. The minimum Gasteiger partial charge on any atom is -0.359 e. The Morgan fingerprint density at radius 2 is 0.950 bits per heavy atom. The van der Waals surface area contributed by atoms with Gasteiger partial charge in [0.05, 0.1) is 91.6 Å². The molecule has 18 heterocycles. The highest BCUT2D eigenvalue weighted by atomic mass is 15.4. The summed E-state index contributed by atoms with van der Waals surface area (Å²) >= 11 is 0. The molecule has 0 saturated heterocycles. The van der Waals surface area contributed by atoms with E-state index in [4.69, 9.17) is 0 Å². The van der Waals surface area contributed by atoms with Gasteiger partial charge in [-0.15, -0.1) is 0 Å². The van der Waals surface area contributed by atoms with Crippen molar-refractivity contribution in [3.63, 3.8) is 0 Å². The molecule has 13 aromatic heterocycles. The highest BCUT2D eigenvalue weighted by molar-refractivity contribution is 5.88. The topological polar surface area (TPSA) is 71.2 Å². The Morgan fingerprint density at radius 1 is 0.397 bits per heavy atom. The van der Waals surface area contributed by atoms with E-state index in [1.165, 1.54) is 169 Å². The zero-order valence-corrected chi connectivity index (χ0v) is 73.5. The lowest BCUT2D eigenvalue weighted by molar-refractivity contribution is -0.673. The molecule has 121 heavy (non-hydrogen) atoms. The van der Waals surface area contributed by atoms with Crippen molar-refractivity contribution in [1.82, 2.24) is 45.5 Å². The number of fused-ring (bicyclic) bond motifs is 9. The van der Waals surface area contributed by atoms with E-state index in [-0.39, 0.29) is 0 Å². The first-order valence-corrected chi connectivity index (χ1v) is 42.2. The monoisotopic (exact) mass is 1600 g/mol. The van der Waals surface area contributed by atoms with E-state index in [1.54, 1.807) is 0 Å². The first-order chi connectivity index (χ1) is 58.4. The van der Waals surface area contributed by atoms with Crippen LogP contribution in [0.4, 0.5) is 39.8 Å². The van der Waals surface area contributed by atoms with Crippen molar-refractivity contribution in [3.8, 4) is 28.5 Å². The fraction of sp³-hybridized carbons (Fsp3) is 0.233. The van der Waals surface area contributed by atoms with Gasteiger partial charge >= 0.3 is 0 Å². The molecule has 0 radical (unpaired) electrons. The van der Waals surface area contributed by atoms with Crippen molar-refractivity contribution in [1.29, 1.82) is 0 Å². The van der Waals surface area contributed by atoms with Crippen molar-refractivity contribution < 1.29 is 13.7 Å². The second-order valence-corrected chi connectivity index (χ2v) is 33.0. The van der Waals surface area contributed by atoms with E-state index in [0.29, 0.717) is 18.5 Å². The van der Waals surface area contributed by atoms with Crippen LogP contribution in [0.25, 0.3) is 72.7 Å². The molecule has 0 N–H and O–H groups in total. The van der Waals surface area contributed by atoms with E-state index in [9.17, 15) is 0 Å². The predicted molar refractivity (Wildman–Crippen MR) is 499 cm³/mol. The number of pyridine rings is 5. The third-order valence-electron chi connectivity index (χ3n) is 25.7. The number of hydrogen-bond acceptors (Lipinski definition) is 7. The van der Waals surface area contributed by atoms with Crippen molar-refractivity contribution in [2.24, 2.45) is 35.2 Å². The van der Waals surface area contributed by atoms with Gasteiger partial charge in [0.25, 0.3) is 17.5 Å². The van der Waals surface area contributed by atoms with E-state index in [1.807, 2.05) is 0 Å². The second kappa shape index (κ2) is 32.4. The van der Waals surface area contributed by atoms with Crippen LogP contribution in [0.3, 0.4) is 0 Å². The van der Waals surface area contributed by atoms with Crippen LogP contribution in [0.5, 0.6) is 0 Å². The number of imidazole rings is 3. The third-order valence-corrected chi connectivity index (χ3v) is 25.7. The lowest BCUT2D eigenvalue weighted by Gasteiger charge is -2.29. The molecular weight excluding hydrogens is 1490 g/mol. The van der Waals surface area contributed by atoms with Gasteiger partial charge in [-0.1, -0.05) is 60.7 Å². The number of hydrogen-bond donors (Lipinski definition) is 0. The SMILES string of the molecule is CC1=C(c2n(C)cc[n+]2C)C=CN2CCC=C12.Cc1c(N2C=CN(C)[C@@H]2C)ccc2cccn12.Cc1c(N2c3ccccc3N(C)[C@@H]2C)ccc2cccn12.Cc1cc2cccn2cc1-c1n(-c2c(C)cccc2C)cc[n+]1C.Cc1ccn2cccc2c1-c1n(C)c2ccccc2[n+]1C.Cc1cn2cccc2cc1N1c2ccccc2N(C)[C@@H]1C. The Hall–Kier alpha value is -13.9. The molecule has 18 heteroatoms. The molecule has 17 aromatic rings. The summed E-state index contributed by atoms with van der Waals surface area (Å²) in [4.78, 5) is 16.4. The van der Waals surface area contributed by atoms with E-state index >= 15 is 0 Å². The van der Waals surface area contributed by atoms with Gasteiger partial charge in [-0.25, -0.2) is 22.8 Å². The lowest BCUT2D eigenvalue weighted by Crippen LogP contribution is -2.36. The summed E-state index contributed by atoms with van der Waals surface area (Å²) < 4.78 is 24.4. The fourth-order valence-electron chi connectivity index (χ4n) is 18.7. The molecule has 4 aromatic carbocycles. The van der Waals surface area contributed by atoms with Gasteiger partial charge in [0.15, 0.2) is 11.0 Å². The van der Waals surface area contributed by atoms with Crippen LogP contribution in [0.1, 0.15) is 79.1 Å². The van der Waals surface area contributed by atoms with Gasteiger partial charge in [0.1, 0.15) is 49.0 Å². The molecule has 5 aliphatic heterocycles. The van der Waals surface area contributed by atoms with E-state index < -0.39 is 0 Å². The van der Waals surface area contributed by atoms with Crippen molar-refractivity contribution in [2.45, 2.75) is 101 Å². The first kappa shape index (κ1) is 79.6. The van der Waals surface area contributed by atoms with Crippen LogP contribution in [-0.4, -0.2) is 91.7 Å². The van der Waals surface area contributed by atoms with Crippen molar-refractivity contribution in [2.75, 3.05) is 52.2 Å². The molecule has 18 nitrogen and oxygen atoms in total. The standard InChI is InChI=1S/C21H22N3.2C18H19N3.C18H18N3.C14H17N3.C14H18N3/c1-15-7-5-8-16(2)20(15)24-12-11-22(4)21(24)19-14-23-10-6-9-18(23)13-17(19)3;1-13-16(11-10-15-7-6-12-20(13)15)21-14(2)19(3)17-8-4-5-9-18(17)21;1-13-12-20-10-6-7-15(20)11-18(13)21-14(2)19(3)16-8-4-5-9-17(16)21;1-13-10-12-21-11-6-9-16(21)17(13)18-19(2)14-7-4-5-8-15(14)20(18)3;1-11-14(17-10-9-15(3)12(17)2)7-6-13-5-4-8-16(11)13;1-11-12(14-15(2)9-10-16(14)3)6-8-17-7-4-5-13(11)17/h5-14H,1-4H3;2*4-12,14H,1-3H3;4-12H,1-3H3;4-10,12H,1-3H3;5-6,8-10H,4,7H2,1-3H3/q+1;;;+1;;+1/t;2*14-;;12-;/m.00.0./s1. The molecule has 22 rings (SSSR count). The second-order valence-electron chi connectivity index (χ2n) is 33.0. The van der Waals surface area contributed by atoms with E-state index in [0.717, 1.165) is 13.0 Å². The number of para-hydroxylation sites is 7. The Bertz CT molecular complexity index is 6760. The Kier molecular flexibility index (Phi) is 21.3. The summed E-state index contributed by atoms with van der Waals surface area (Å²) in [5, 5.41) is 0. The van der Waals surface area contributed by atoms with Crippen LogP contribution in [0.2, 0.25) is 0 Å². The molecule has 5 aliphatic rings. The average molecular weight is 1600 g/mol. The summed E-state index contributed by atoms with van der Waals surface area (Å²) in [6, 6.07) is 68.9. The van der Waals surface area contributed by atoms with Gasteiger partial charge in [0.2, 0.25) is 0 Å². The van der Waals surface area contributed by atoms with Crippen LogP contribution in [-0.2, 0) is 35.2 Å². The number of allylic oxidation sites excluding steroid dienone is 3. The summed E-state index contributed by atoms with van der Waals surface area (Å²) in [7, 11) is 17.0. The molecule has 0 unspecified atom stereocenters. The Balaban J connectivity index is 0.000000104. The number of rotatable bonds is 7. The van der Waals surface area contributed by atoms with Gasteiger partial charge in [0, 0.05) is 141 Å². The summed E-state index contributed by atoms with van der Waals surface area (Å²) in [6.07, 6.45) is 38.8. The molecule has 0 bridgehead atoms. The third kappa shape index (κ3) is 14.3. The van der Waals surface area contributed by atoms with Gasteiger partial charge in [-0.05, 0) is 262 Å². The van der Waals surface area contributed by atoms with Crippen molar-refractivity contribution >= 4 is 84.0 Å². The molecule has 0 aliphatic carbocycles. The molecule has 3 atom stereocenters. The summed E-state index contributed by atoms with van der Waals surface area (Å²) in [6.45, 7) is 25.3. The smallest absolute Gasteiger partial charge is 0.295 e. The van der Waals surface area contributed by atoms with Crippen molar-refractivity contribution in [3.05, 3.63) is 356 Å². The van der Waals surface area contributed by atoms with Crippen LogP contribution in [0, 0.1) is 48.5 Å². The lowest BCUT2D eigenvalue weighted by atomic mass is 10.0. The maximum Gasteiger partial charge on any atom is 0.295 e. The quantitative estimate of drug-likeness (QED) is 0.147. The zero-order chi connectivity index (χ0) is 84.5. The van der Waals surface area contributed by atoms with Crippen LogP contribution >= 0.6 is 0 Å². The maximum absolute atomic E-state index is 2.43. The van der Waals surface area contributed by atoms with Gasteiger partial charge < -0.3 is 56.3 Å². The molecule has 0 saturated carbocycles. The maximum atomic E-state index is 2.43. The average Bonchev–Trinajstić information content (AvgIpc) is 1.61.